The molecule has 0 aromatic rings. The summed E-state index contributed by atoms with van der Waals surface area (Å²) in [5.41, 5.74) is 1.08. The topological polar surface area (TPSA) is 0 Å². The van der Waals surface area contributed by atoms with E-state index < -0.39 is 6.17 Å². The molecule has 1 fully saturated rings. The summed E-state index contributed by atoms with van der Waals surface area (Å²) in [6, 6.07) is 0. The van der Waals surface area contributed by atoms with Gasteiger partial charge < -0.3 is 0 Å². The average molecular weight is 128 g/mol. The van der Waals surface area contributed by atoms with Gasteiger partial charge in [0.15, 0.2) is 0 Å². The Morgan fingerprint density at radius 2 is 2.33 bits per heavy atom. The molecule has 1 aliphatic carbocycles. The number of allylic oxidation sites excluding steroid dienone is 1. The molecule has 0 spiro atoms. The van der Waals surface area contributed by atoms with Gasteiger partial charge in [-0.1, -0.05) is 19.1 Å². The maximum Gasteiger partial charge on any atom is 0.106 e. The zero-order valence-electron chi connectivity index (χ0n) is 5.86. The lowest BCUT2D eigenvalue weighted by atomic mass is 9.86. The molecular formula is C8H13F. The van der Waals surface area contributed by atoms with E-state index in [-0.39, 0.29) is 5.92 Å². The van der Waals surface area contributed by atoms with Crippen molar-refractivity contribution in [1.29, 1.82) is 0 Å². The molecule has 1 aliphatic rings. The molecule has 9 heavy (non-hydrogen) atoms. The quantitative estimate of drug-likeness (QED) is 0.440. The van der Waals surface area contributed by atoms with Crippen molar-refractivity contribution in [3.8, 4) is 0 Å². The van der Waals surface area contributed by atoms with Crippen LogP contribution in [0.3, 0.4) is 0 Å². The van der Waals surface area contributed by atoms with Gasteiger partial charge in [-0.05, 0) is 25.2 Å². The van der Waals surface area contributed by atoms with E-state index in [0.717, 1.165) is 18.4 Å². The minimum atomic E-state index is -0.619. The zero-order chi connectivity index (χ0) is 6.85. The fraction of sp³-hybridized carbons (Fsp3) is 0.750. The Bertz CT molecular complexity index is 118. The molecule has 1 rings (SSSR count). The van der Waals surface area contributed by atoms with Crippen molar-refractivity contribution < 1.29 is 4.39 Å². The normalized spacial score (nSPS) is 36.9. The molecular weight excluding hydrogens is 115 g/mol. The monoisotopic (exact) mass is 128 g/mol. The van der Waals surface area contributed by atoms with E-state index in [0.29, 0.717) is 6.42 Å². The van der Waals surface area contributed by atoms with Gasteiger partial charge in [0.2, 0.25) is 0 Å². The summed E-state index contributed by atoms with van der Waals surface area (Å²) in [7, 11) is 0. The SMILES string of the molecule is C=C1CCC(C)C(F)C1. The van der Waals surface area contributed by atoms with Gasteiger partial charge in [-0.3, -0.25) is 0 Å². The Morgan fingerprint density at radius 1 is 1.67 bits per heavy atom. The highest BCUT2D eigenvalue weighted by Crippen LogP contribution is 2.28. The summed E-state index contributed by atoms with van der Waals surface area (Å²) in [4.78, 5) is 0. The predicted molar refractivity (Wildman–Crippen MR) is 37.1 cm³/mol. The van der Waals surface area contributed by atoms with E-state index >= 15 is 0 Å². The van der Waals surface area contributed by atoms with Crippen LogP contribution in [-0.2, 0) is 0 Å². The number of hydrogen-bond acceptors (Lipinski definition) is 0. The molecule has 0 amide bonds. The highest BCUT2D eigenvalue weighted by molar-refractivity contribution is 5.01. The number of rotatable bonds is 0. The van der Waals surface area contributed by atoms with Gasteiger partial charge in [-0.25, -0.2) is 4.39 Å². The first kappa shape index (κ1) is 6.79. The van der Waals surface area contributed by atoms with E-state index in [1.165, 1.54) is 0 Å². The van der Waals surface area contributed by atoms with Crippen LogP contribution in [0.2, 0.25) is 0 Å². The van der Waals surface area contributed by atoms with Crippen molar-refractivity contribution in [2.24, 2.45) is 5.92 Å². The van der Waals surface area contributed by atoms with E-state index in [2.05, 4.69) is 6.58 Å². The Hall–Kier alpha value is -0.330. The molecule has 1 saturated carbocycles. The molecule has 0 bridgehead atoms. The molecule has 1 heteroatoms. The van der Waals surface area contributed by atoms with Gasteiger partial charge in [0.25, 0.3) is 0 Å². The molecule has 0 aromatic carbocycles. The third kappa shape index (κ3) is 1.54. The summed E-state index contributed by atoms with van der Waals surface area (Å²) in [5.74, 6) is 0.260. The fourth-order valence-electron chi connectivity index (χ4n) is 1.19. The van der Waals surface area contributed by atoms with Crippen molar-refractivity contribution >= 4 is 0 Å². The molecule has 2 atom stereocenters. The lowest BCUT2D eigenvalue weighted by Gasteiger charge is -2.23. The molecule has 52 valence electrons. The van der Waals surface area contributed by atoms with Gasteiger partial charge in [-0.15, -0.1) is 0 Å². The van der Waals surface area contributed by atoms with Crippen LogP contribution in [0.15, 0.2) is 12.2 Å². The van der Waals surface area contributed by atoms with Gasteiger partial charge in [-0.2, -0.15) is 0 Å². The Kier molecular flexibility index (Phi) is 1.89. The predicted octanol–water partition coefficient (Wildman–Crippen LogP) is 2.70. The maximum atomic E-state index is 12.8. The van der Waals surface area contributed by atoms with Crippen LogP contribution in [0.4, 0.5) is 4.39 Å². The van der Waals surface area contributed by atoms with Crippen LogP contribution in [0, 0.1) is 5.92 Å². The highest BCUT2D eigenvalue weighted by Gasteiger charge is 2.21. The molecule has 0 N–H and O–H groups in total. The Morgan fingerprint density at radius 3 is 2.78 bits per heavy atom. The molecule has 0 nitrogen and oxygen atoms in total. The van der Waals surface area contributed by atoms with Crippen LogP contribution in [0.25, 0.3) is 0 Å². The van der Waals surface area contributed by atoms with Gasteiger partial charge in [0.05, 0.1) is 0 Å². The molecule has 0 aromatic heterocycles. The summed E-state index contributed by atoms with van der Waals surface area (Å²) in [6.45, 7) is 5.73. The van der Waals surface area contributed by atoms with Crippen LogP contribution in [0.5, 0.6) is 0 Å². The minimum Gasteiger partial charge on any atom is -0.247 e. The molecule has 0 saturated heterocycles. The van der Waals surface area contributed by atoms with Gasteiger partial charge >= 0.3 is 0 Å². The van der Waals surface area contributed by atoms with Crippen molar-refractivity contribution in [3.63, 3.8) is 0 Å². The second-order valence-corrected chi connectivity index (χ2v) is 2.99. The lowest BCUT2D eigenvalue weighted by Crippen LogP contribution is -2.18. The molecule has 0 heterocycles. The smallest absolute Gasteiger partial charge is 0.106 e. The standard InChI is InChI=1S/C8H13F/c1-6-3-4-7(2)8(9)5-6/h7-8H,1,3-5H2,2H3. The van der Waals surface area contributed by atoms with Gasteiger partial charge in [0.1, 0.15) is 6.17 Å². The van der Waals surface area contributed by atoms with Crippen molar-refractivity contribution in [1.82, 2.24) is 0 Å². The van der Waals surface area contributed by atoms with E-state index in [4.69, 9.17) is 0 Å². The third-order valence-electron chi connectivity index (χ3n) is 2.05. The van der Waals surface area contributed by atoms with Crippen LogP contribution >= 0.6 is 0 Å². The first-order valence-corrected chi connectivity index (χ1v) is 3.51. The molecule has 2 unspecified atom stereocenters. The van der Waals surface area contributed by atoms with E-state index in [1.54, 1.807) is 0 Å². The van der Waals surface area contributed by atoms with Crippen molar-refractivity contribution in [2.75, 3.05) is 0 Å². The number of alkyl halides is 1. The maximum absolute atomic E-state index is 12.8. The van der Waals surface area contributed by atoms with Crippen LogP contribution < -0.4 is 0 Å². The van der Waals surface area contributed by atoms with Crippen molar-refractivity contribution in [2.45, 2.75) is 32.4 Å². The molecule has 0 aliphatic heterocycles. The largest absolute Gasteiger partial charge is 0.247 e. The highest BCUT2D eigenvalue weighted by atomic mass is 19.1. The van der Waals surface area contributed by atoms with Crippen molar-refractivity contribution in [3.05, 3.63) is 12.2 Å². The first-order chi connectivity index (χ1) is 4.20. The van der Waals surface area contributed by atoms with Crippen LogP contribution in [0.1, 0.15) is 26.2 Å². The lowest BCUT2D eigenvalue weighted by molar-refractivity contribution is 0.208. The second kappa shape index (κ2) is 2.51. The Labute approximate surface area is 55.8 Å². The zero-order valence-corrected chi connectivity index (χ0v) is 5.86. The minimum absolute atomic E-state index is 0.260. The number of halogens is 1. The van der Waals surface area contributed by atoms with Gasteiger partial charge in [0, 0.05) is 0 Å². The van der Waals surface area contributed by atoms with E-state index in [9.17, 15) is 4.39 Å². The van der Waals surface area contributed by atoms with Crippen LogP contribution in [-0.4, -0.2) is 6.17 Å². The fourth-order valence-corrected chi connectivity index (χ4v) is 1.19. The Balaban J connectivity index is 2.44. The number of hydrogen-bond donors (Lipinski definition) is 0. The first-order valence-electron chi connectivity index (χ1n) is 3.51. The summed E-state index contributed by atoms with van der Waals surface area (Å²) in [6.07, 6.45) is 1.99. The molecule has 0 radical (unpaired) electrons. The summed E-state index contributed by atoms with van der Waals surface area (Å²) >= 11 is 0. The van der Waals surface area contributed by atoms with E-state index in [1.807, 2.05) is 6.92 Å². The average Bonchev–Trinajstić information content (AvgIpc) is 1.80. The summed E-state index contributed by atoms with van der Waals surface area (Å²) < 4.78 is 12.8. The second-order valence-electron chi connectivity index (χ2n) is 2.99. The summed E-state index contributed by atoms with van der Waals surface area (Å²) in [5, 5.41) is 0. The third-order valence-corrected chi connectivity index (χ3v) is 2.05.